The first kappa shape index (κ1) is 13.3. The van der Waals surface area contributed by atoms with Crippen molar-refractivity contribution in [2.45, 2.75) is 6.92 Å². The maximum absolute atomic E-state index is 11.2. The number of alkyl halides is 1. The summed E-state index contributed by atoms with van der Waals surface area (Å²) in [5.41, 5.74) is 1.03. The van der Waals surface area contributed by atoms with E-state index in [1.165, 1.54) is 14.0 Å². The summed E-state index contributed by atoms with van der Waals surface area (Å²) in [5.74, 6) is -0.180. The molecule has 2 amide bonds. The number of benzene rings is 1. The molecule has 1 aromatic carbocycles. The zero-order chi connectivity index (χ0) is 12.8. The van der Waals surface area contributed by atoms with Crippen LogP contribution in [0.5, 0.6) is 5.75 Å². The molecule has 2 N–H and O–H groups in total. The van der Waals surface area contributed by atoms with Gasteiger partial charge in [0.15, 0.2) is 0 Å². The quantitative estimate of drug-likeness (QED) is 0.808. The molecular weight excluding hydrogens is 244 g/mol. The molecule has 1 aromatic rings. The number of carbonyl (C=O) groups excluding carboxylic acids is 2. The van der Waals surface area contributed by atoms with Gasteiger partial charge in [0.25, 0.3) is 0 Å². The summed E-state index contributed by atoms with van der Waals surface area (Å²) in [5, 5.41) is 5.19. The largest absolute Gasteiger partial charge is 0.495 e. The fourth-order valence-corrected chi connectivity index (χ4v) is 1.34. The van der Waals surface area contributed by atoms with Crippen LogP contribution < -0.4 is 15.4 Å². The molecule has 0 saturated heterocycles. The van der Waals surface area contributed by atoms with Gasteiger partial charge in [-0.15, -0.1) is 11.6 Å². The molecule has 0 aromatic heterocycles. The van der Waals surface area contributed by atoms with E-state index in [9.17, 15) is 9.59 Å². The van der Waals surface area contributed by atoms with E-state index in [-0.39, 0.29) is 17.7 Å². The minimum atomic E-state index is -0.343. The predicted molar refractivity (Wildman–Crippen MR) is 66.6 cm³/mol. The van der Waals surface area contributed by atoms with Gasteiger partial charge in [-0.05, 0) is 18.2 Å². The molecule has 6 heteroatoms. The number of amides is 2. The molecule has 0 heterocycles. The molecule has 0 radical (unpaired) electrons. The van der Waals surface area contributed by atoms with E-state index in [2.05, 4.69) is 10.6 Å². The van der Waals surface area contributed by atoms with Crippen molar-refractivity contribution in [3.05, 3.63) is 18.2 Å². The second-order valence-corrected chi connectivity index (χ2v) is 3.55. The Hall–Kier alpha value is -1.75. The highest BCUT2D eigenvalue weighted by Gasteiger charge is 2.08. The Morgan fingerprint density at radius 3 is 2.59 bits per heavy atom. The van der Waals surface area contributed by atoms with Crippen molar-refractivity contribution in [2.24, 2.45) is 0 Å². The third-order valence-electron chi connectivity index (χ3n) is 1.92. The molecule has 0 unspecified atom stereocenters. The topological polar surface area (TPSA) is 67.4 Å². The number of nitrogens with one attached hydrogen (secondary N) is 2. The van der Waals surface area contributed by atoms with Gasteiger partial charge in [-0.1, -0.05) is 0 Å². The van der Waals surface area contributed by atoms with Gasteiger partial charge in [0.2, 0.25) is 11.8 Å². The highest BCUT2D eigenvalue weighted by molar-refractivity contribution is 6.29. The normalized spacial score (nSPS) is 9.59. The Morgan fingerprint density at radius 2 is 2.06 bits per heavy atom. The molecule has 0 spiro atoms. The number of methoxy groups -OCH3 is 1. The van der Waals surface area contributed by atoms with Gasteiger partial charge in [0.1, 0.15) is 11.6 Å². The molecule has 0 aliphatic carbocycles. The molecule has 17 heavy (non-hydrogen) atoms. The molecule has 0 saturated carbocycles. The summed E-state index contributed by atoms with van der Waals surface area (Å²) in [4.78, 5) is 22.1. The van der Waals surface area contributed by atoms with E-state index in [1.807, 2.05) is 0 Å². The fraction of sp³-hybridized carbons (Fsp3) is 0.273. The number of carbonyl (C=O) groups is 2. The lowest BCUT2D eigenvalue weighted by molar-refractivity contribution is -0.114. The maximum Gasteiger partial charge on any atom is 0.239 e. The third-order valence-corrected chi connectivity index (χ3v) is 2.16. The highest BCUT2D eigenvalue weighted by Crippen LogP contribution is 2.27. The molecule has 0 bridgehead atoms. The molecule has 0 aliphatic rings. The minimum absolute atomic E-state index is 0.145. The molecule has 0 atom stereocenters. The molecular formula is C11H13ClN2O3. The fourth-order valence-electron chi connectivity index (χ4n) is 1.27. The van der Waals surface area contributed by atoms with Crippen molar-refractivity contribution in [3.63, 3.8) is 0 Å². The van der Waals surface area contributed by atoms with Crippen LogP contribution in [0.15, 0.2) is 18.2 Å². The van der Waals surface area contributed by atoms with Crippen LogP contribution in [0.25, 0.3) is 0 Å². The van der Waals surface area contributed by atoms with Crippen LogP contribution in [0.1, 0.15) is 6.92 Å². The number of halogens is 1. The molecule has 0 fully saturated rings. The molecule has 92 valence electrons. The number of rotatable bonds is 4. The molecule has 5 nitrogen and oxygen atoms in total. The van der Waals surface area contributed by atoms with Gasteiger partial charge < -0.3 is 15.4 Å². The first-order valence-electron chi connectivity index (χ1n) is 4.88. The standard InChI is InChI=1S/C11H13ClN2O3/c1-7(15)13-8-3-4-10(17-2)9(5-8)14-11(16)6-12/h3-5H,6H2,1-2H3,(H,13,15)(H,14,16). The van der Waals surface area contributed by atoms with Gasteiger partial charge in [0.05, 0.1) is 12.8 Å². The lowest BCUT2D eigenvalue weighted by Crippen LogP contribution is -2.14. The van der Waals surface area contributed by atoms with E-state index < -0.39 is 0 Å². The van der Waals surface area contributed by atoms with E-state index in [0.717, 1.165) is 0 Å². The highest BCUT2D eigenvalue weighted by atomic mass is 35.5. The van der Waals surface area contributed by atoms with Crippen LogP contribution in [-0.2, 0) is 9.59 Å². The van der Waals surface area contributed by atoms with Crippen LogP contribution in [0, 0.1) is 0 Å². The first-order valence-corrected chi connectivity index (χ1v) is 5.41. The molecule has 0 aliphatic heterocycles. The SMILES string of the molecule is COc1ccc(NC(C)=O)cc1NC(=O)CCl. The van der Waals surface area contributed by atoms with E-state index in [0.29, 0.717) is 17.1 Å². The van der Waals surface area contributed by atoms with Crippen LogP contribution in [-0.4, -0.2) is 24.8 Å². The smallest absolute Gasteiger partial charge is 0.239 e. The average Bonchev–Trinajstić information content (AvgIpc) is 2.28. The van der Waals surface area contributed by atoms with Crippen LogP contribution >= 0.6 is 11.6 Å². The summed E-state index contributed by atoms with van der Waals surface area (Å²) in [6.45, 7) is 1.40. The van der Waals surface area contributed by atoms with Gasteiger partial charge in [-0.2, -0.15) is 0 Å². The Kier molecular flexibility index (Phi) is 4.78. The van der Waals surface area contributed by atoms with Crippen molar-refractivity contribution in [3.8, 4) is 5.75 Å². The third kappa shape index (κ3) is 3.96. The zero-order valence-corrected chi connectivity index (χ0v) is 10.3. The number of anilines is 2. The van der Waals surface area contributed by atoms with Crippen molar-refractivity contribution in [2.75, 3.05) is 23.6 Å². The maximum atomic E-state index is 11.2. The second kappa shape index (κ2) is 6.10. The van der Waals surface area contributed by atoms with Gasteiger partial charge in [-0.3, -0.25) is 9.59 Å². The predicted octanol–water partition coefficient (Wildman–Crippen LogP) is 1.83. The van der Waals surface area contributed by atoms with E-state index >= 15 is 0 Å². The number of hydrogen-bond donors (Lipinski definition) is 2. The van der Waals surface area contributed by atoms with Crippen LogP contribution in [0.2, 0.25) is 0 Å². The van der Waals surface area contributed by atoms with Crippen molar-refractivity contribution >= 4 is 34.8 Å². The summed E-state index contributed by atoms with van der Waals surface area (Å²) in [6.07, 6.45) is 0. The zero-order valence-electron chi connectivity index (χ0n) is 9.54. The number of ether oxygens (including phenoxy) is 1. The van der Waals surface area contributed by atoms with Crippen molar-refractivity contribution in [1.82, 2.24) is 0 Å². The average molecular weight is 257 g/mol. The van der Waals surface area contributed by atoms with Crippen LogP contribution in [0.3, 0.4) is 0 Å². The second-order valence-electron chi connectivity index (χ2n) is 3.28. The van der Waals surface area contributed by atoms with Crippen LogP contribution in [0.4, 0.5) is 11.4 Å². The van der Waals surface area contributed by atoms with E-state index in [4.69, 9.17) is 16.3 Å². The lowest BCUT2D eigenvalue weighted by Gasteiger charge is -2.11. The summed E-state index contributed by atoms with van der Waals surface area (Å²) in [6, 6.07) is 4.93. The monoisotopic (exact) mass is 256 g/mol. The van der Waals surface area contributed by atoms with Gasteiger partial charge in [-0.25, -0.2) is 0 Å². The Bertz CT molecular complexity index is 435. The van der Waals surface area contributed by atoms with Gasteiger partial charge >= 0.3 is 0 Å². The first-order chi connectivity index (χ1) is 8.06. The number of hydrogen-bond acceptors (Lipinski definition) is 3. The Morgan fingerprint density at radius 1 is 1.35 bits per heavy atom. The summed E-state index contributed by atoms with van der Waals surface area (Å²) in [7, 11) is 1.49. The Balaban J connectivity index is 2.97. The lowest BCUT2D eigenvalue weighted by atomic mass is 10.2. The van der Waals surface area contributed by atoms with Crippen molar-refractivity contribution < 1.29 is 14.3 Å². The van der Waals surface area contributed by atoms with Crippen molar-refractivity contribution in [1.29, 1.82) is 0 Å². The van der Waals surface area contributed by atoms with E-state index in [1.54, 1.807) is 18.2 Å². The summed E-state index contributed by atoms with van der Waals surface area (Å²) < 4.78 is 5.08. The molecule has 1 rings (SSSR count). The summed E-state index contributed by atoms with van der Waals surface area (Å²) >= 11 is 5.40. The van der Waals surface area contributed by atoms with Gasteiger partial charge in [0, 0.05) is 12.6 Å². The Labute approximate surface area is 104 Å². The minimum Gasteiger partial charge on any atom is -0.495 e.